The van der Waals surface area contributed by atoms with Crippen molar-refractivity contribution in [2.24, 2.45) is 4.99 Å². The lowest BCUT2D eigenvalue weighted by Crippen LogP contribution is -2.33. The Morgan fingerprint density at radius 3 is 3.04 bits per heavy atom. The molecule has 3 N–H and O–H groups in total. The molecule has 10 heteroatoms. The van der Waals surface area contributed by atoms with Gasteiger partial charge in [-0.2, -0.15) is 0 Å². The largest absolute Gasteiger partial charge is 0.467 e. The molecular formula is C14H15N5O4S. The maximum atomic E-state index is 12.1. The molecule has 0 saturated heterocycles. The summed E-state index contributed by atoms with van der Waals surface area (Å²) in [4.78, 5) is 42.0. The number of hydrogen-bond donors (Lipinski definition) is 3. The van der Waals surface area contributed by atoms with Crippen molar-refractivity contribution >= 4 is 28.7 Å². The Labute approximate surface area is 140 Å². The van der Waals surface area contributed by atoms with Gasteiger partial charge in [-0.25, -0.2) is 4.79 Å². The number of amides is 1. The first kappa shape index (κ1) is 16.1. The van der Waals surface area contributed by atoms with Gasteiger partial charge in [0.05, 0.1) is 25.1 Å². The van der Waals surface area contributed by atoms with E-state index in [-0.39, 0.29) is 24.0 Å². The average Bonchev–Trinajstić information content (AvgIpc) is 3.22. The van der Waals surface area contributed by atoms with E-state index in [1.807, 2.05) is 0 Å². The van der Waals surface area contributed by atoms with Crippen molar-refractivity contribution in [3.05, 3.63) is 51.1 Å². The molecule has 0 aromatic carbocycles. The number of hydrogen-bond acceptors (Lipinski definition) is 7. The number of amidine groups is 1. The summed E-state index contributed by atoms with van der Waals surface area (Å²) in [6, 6.07) is 4.55. The van der Waals surface area contributed by atoms with Gasteiger partial charge >= 0.3 is 5.69 Å². The zero-order valence-electron chi connectivity index (χ0n) is 12.6. The molecule has 1 amide bonds. The SMILES string of the molecule is O=C(CSC1=NCCN1)Nc1cc(=O)[nH]c(=O)n1Cc1ccco1. The van der Waals surface area contributed by atoms with Crippen LogP contribution < -0.4 is 21.9 Å². The zero-order chi connectivity index (χ0) is 16.9. The van der Waals surface area contributed by atoms with E-state index in [1.54, 1.807) is 12.1 Å². The predicted molar refractivity (Wildman–Crippen MR) is 90.5 cm³/mol. The van der Waals surface area contributed by atoms with Crippen LogP contribution in [0.5, 0.6) is 0 Å². The van der Waals surface area contributed by atoms with Gasteiger partial charge in [0.1, 0.15) is 11.6 Å². The number of aliphatic imine (C=N–C) groups is 1. The summed E-state index contributed by atoms with van der Waals surface area (Å²) in [5.41, 5.74) is -1.20. The van der Waals surface area contributed by atoms with Crippen molar-refractivity contribution in [1.82, 2.24) is 14.9 Å². The van der Waals surface area contributed by atoms with Crippen molar-refractivity contribution in [2.75, 3.05) is 24.2 Å². The highest BCUT2D eigenvalue weighted by molar-refractivity contribution is 8.14. The lowest BCUT2D eigenvalue weighted by atomic mass is 10.4. The van der Waals surface area contributed by atoms with Crippen LogP contribution in [0.1, 0.15) is 5.76 Å². The Bertz CT molecular complexity index is 868. The molecule has 0 aliphatic carbocycles. The number of carbonyl (C=O) groups is 1. The first-order valence-electron chi connectivity index (χ1n) is 7.19. The molecular weight excluding hydrogens is 334 g/mol. The number of aromatic amines is 1. The lowest BCUT2D eigenvalue weighted by Gasteiger charge is -2.11. The van der Waals surface area contributed by atoms with Gasteiger partial charge in [0.15, 0.2) is 5.17 Å². The Kier molecular flexibility index (Phi) is 4.85. The van der Waals surface area contributed by atoms with Crippen LogP contribution in [0, 0.1) is 0 Å². The Morgan fingerprint density at radius 1 is 1.46 bits per heavy atom. The quantitative estimate of drug-likeness (QED) is 0.688. The molecule has 0 unspecified atom stereocenters. The summed E-state index contributed by atoms with van der Waals surface area (Å²) in [7, 11) is 0. The number of carbonyl (C=O) groups excluding carboxylic acids is 1. The monoisotopic (exact) mass is 349 g/mol. The van der Waals surface area contributed by atoms with Crippen molar-refractivity contribution in [1.29, 1.82) is 0 Å². The first-order chi connectivity index (χ1) is 11.6. The molecule has 3 rings (SSSR count). The van der Waals surface area contributed by atoms with Crippen molar-refractivity contribution in [3.8, 4) is 0 Å². The number of aromatic nitrogens is 2. The molecule has 0 saturated carbocycles. The maximum Gasteiger partial charge on any atom is 0.330 e. The standard InChI is InChI=1S/C14H15N5O4S/c20-11-6-10(17-12(21)8-24-13-15-3-4-16-13)19(14(22)18-11)7-9-2-1-5-23-9/h1-2,5-6H,3-4,7-8H2,(H,15,16)(H,17,21)(H,18,20,22). The van der Waals surface area contributed by atoms with E-state index >= 15 is 0 Å². The molecule has 126 valence electrons. The van der Waals surface area contributed by atoms with Gasteiger partial charge in [-0.15, -0.1) is 0 Å². The van der Waals surface area contributed by atoms with Gasteiger partial charge in [-0.1, -0.05) is 11.8 Å². The lowest BCUT2D eigenvalue weighted by molar-refractivity contribution is -0.113. The van der Waals surface area contributed by atoms with Crippen LogP contribution in [0.25, 0.3) is 0 Å². The number of rotatable bonds is 5. The fraction of sp³-hybridized carbons (Fsp3) is 0.286. The van der Waals surface area contributed by atoms with E-state index in [0.29, 0.717) is 17.5 Å². The van der Waals surface area contributed by atoms with E-state index in [2.05, 4.69) is 20.6 Å². The summed E-state index contributed by atoms with van der Waals surface area (Å²) in [5.74, 6) is 0.424. The molecule has 9 nitrogen and oxygen atoms in total. The highest BCUT2D eigenvalue weighted by atomic mass is 32.2. The number of nitrogens with zero attached hydrogens (tertiary/aromatic N) is 2. The molecule has 3 heterocycles. The minimum absolute atomic E-state index is 0.0969. The molecule has 1 aliphatic rings. The maximum absolute atomic E-state index is 12.1. The summed E-state index contributed by atoms with van der Waals surface area (Å²) in [5, 5.41) is 6.34. The van der Waals surface area contributed by atoms with Crippen LogP contribution in [-0.2, 0) is 11.3 Å². The van der Waals surface area contributed by atoms with Gasteiger partial charge in [-0.05, 0) is 12.1 Å². The third-order valence-corrected chi connectivity index (χ3v) is 4.13. The van der Waals surface area contributed by atoms with Gasteiger partial charge < -0.3 is 15.1 Å². The Balaban J connectivity index is 1.74. The summed E-state index contributed by atoms with van der Waals surface area (Å²) in [6.45, 7) is 1.56. The van der Waals surface area contributed by atoms with Gasteiger partial charge in [-0.3, -0.25) is 24.1 Å². The molecule has 0 fully saturated rings. The highest BCUT2D eigenvalue weighted by Gasteiger charge is 2.13. The number of anilines is 1. The minimum atomic E-state index is -0.622. The molecule has 1 aliphatic heterocycles. The third kappa shape index (κ3) is 3.96. The van der Waals surface area contributed by atoms with Gasteiger partial charge in [0, 0.05) is 12.6 Å². The molecule has 24 heavy (non-hydrogen) atoms. The topological polar surface area (TPSA) is 121 Å². The van der Waals surface area contributed by atoms with Crippen molar-refractivity contribution in [3.63, 3.8) is 0 Å². The highest BCUT2D eigenvalue weighted by Crippen LogP contribution is 2.09. The molecule has 0 radical (unpaired) electrons. The Hall–Kier alpha value is -2.75. The van der Waals surface area contributed by atoms with Crippen LogP contribution >= 0.6 is 11.8 Å². The molecule has 0 atom stereocenters. The normalized spacial score (nSPS) is 13.4. The van der Waals surface area contributed by atoms with Crippen LogP contribution in [0.2, 0.25) is 0 Å². The van der Waals surface area contributed by atoms with Crippen LogP contribution in [0.15, 0.2) is 43.5 Å². The second kappa shape index (κ2) is 7.21. The van der Waals surface area contributed by atoms with E-state index in [9.17, 15) is 14.4 Å². The van der Waals surface area contributed by atoms with Gasteiger partial charge in [0.2, 0.25) is 5.91 Å². The molecule has 2 aromatic rings. The van der Waals surface area contributed by atoms with Crippen molar-refractivity contribution < 1.29 is 9.21 Å². The van der Waals surface area contributed by atoms with E-state index in [1.165, 1.54) is 22.6 Å². The fourth-order valence-corrected chi connectivity index (χ4v) is 2.85. The van der Waals surface area contributed by atoms with Crippen LogP contribution in [-0.4, -0.2) is 39.5 Å². The Morgan fingerprint density at radius 2 is 2.33 bits per heavy atom. The van der Waals surface area contributed by atoms with Crippen LogP contribution in [0.4, 0.5) is 5.82 Å². The third-order valence-electron chi connectivity index (χ3n) is 3.18. The molecule has 2 aromatic heterocycles. The summed E-state index contributed by atoms with van der Waals surface area (Å²) in [6.07, 6.45) is 1.48. The second-order valence-corrected chi connectivity index (χ2v) is 5.90. The second-order valence-electron chi connectivity index (χ2n) is 4.94. The summed E-state index contributed by atoms with van der Waals surface area (Å²) >= 11 is 1.27. The number of furan rings is 1. The van der Waals surface area contributed by atoms with E-state index in [0.717, 1.165) is 12.6 Å². The van der Waals surface area contributed by atoms with Crippen LogP contribution in [0.3, 0.4) is 0 Å². The smallest absolute Gasteiger partial charge is 0.330 e. The van der Waals surface area contributed by atoms with E-state index < -0.39 is 11.2 Å². The first-order valence-corrected chi connectivity index (χ1v) is 8.18. The fourth-order valence-electron chi connectivity index (χ4n) is 2.13. The predicted octanol–water partition coefficient (Wildman–Crippen LogP) is -0.191. The van der Waals surface area contributed by atoms with E-state index in [4.69, 9.17) is 4.42 Å². The zero-order valence-corrected chi connectivity index (χ0v) is 13.4. The van der Waals surface area contributed by atoms with Crippen molar-refractivity contribution in [2.45, 2.75) is 6.54 Å². The summed E-state index contributed by atoms with van der Waals surface area (Å²) < 4.78 is 6.44. The van der Waals surface area contributed by atoms with Gasteiger partial charge in [0.25, 0.3) is 5.56 Å². The average molecular weight is 349 g/mol. The minimum Gasteiger partial charge on any atom is -0.467 e. The number of H-pyrrole nitrogens is 1. The molecule has 0 spiro atoms. The number of nitrogens with one attached hydrogen (secondary N) is 3. The number of thioether (sulfide) groups is 1. The molecule has 0 bridgehead atoms.